The maximum absolute atomic E-state index is 12.3. The van der Waals surface area contributed by atoms with Crippen LogP contribution in [0.3, 0.4) is 0 Å². The van der Waals surface area contributed by atoms with E-state index in [1.807, 2.05) is 0 Å². The fourth-order valence-electron chi connectivity index (χ4n) is 2.39. The Hall–Kier alpha value is -1.53. The van der Waals surface area contributed by atoms with Crippen molar-refractivity contribution in [3.63, 3.8) is 0 Å². The molecule has 106 valence electrons. The van der Waals surface area contributed by atoms with Crippen molar-refractivity contribution < 1.29 is 18.0 Å². The third kappa shape index (κ3) is 3.48. The van der Waals surface area contributed by atoms with E-state index in [2.05, 4.69) is 10.2 Å². The van der Waals surface area contributed by atoms with Crippen LogP contribution in [0.15, 0.2) is 6.20 Å². The minimum absolute atomic E-state index is 0.180. The third-order valence-corrected chi connectivity index (χ3v) is 3.46. The average molecular weight is 275 g/mol. The molecule has 0 saturated carbocycles. The topological polar surface area (TPSA) is 49.0 Å². The second-order valence-corrected chi connectivity index (χ2v) is 4.98. The number of aromatic amines is 1. The van der Waals surface area contributed by atoms with Gasteiger partial charge in [0.1, 0.15) is 5.69 Å². The highest BCUT2D eigenvalue weighted by molar-refractivity contribution is 5.93. The van der Waals surface area contributed by atoms with Crippen LogP contribution in [0, 0.1) is 12.8 Å². The molecule has 0 unspecified atom stereocenters. The molecule has 7 heteroatoms. The zero-order valence-corrected chi connectivity index (χ0v) is 10.6. The van der Waals surface area contributed by atoms with Crippen molar-refractivity contribution in [1.29, 1.82) is 0 Å². The van der Waals surface area contributed by atoms with Crippen LogP contribution in [0.25, 0.3) is 0 Å². The van der Waals surface area contributed by atoms with Crippen molar-refractivity contribution in [1.82, 2.24) is 15.1 Å². The summed E-state index contributed by atoms with van der Waals surface area (Å²) in [6.07, 6.45) is -2.50. The number of nitrogens with one attached hydrogen (secondary N) is 1. The van der Waals surface area contributed by atoms with Gasteiger partial charge in [0, 0.05) is 19.5 Å². The van der Waals surface area contributed by atoms with Gasteiger partial charge in [-0.3, -0.25) is 9.89 Å². The molecule has 4 nitrogen and oxygen atoms in total. The fourth-order valence-corrected chi connectivity index (χ4v) is 2.39. The minimum Gasteiger partial charge on any atom is -0.337 e. The lowest BCUT2D eigenvalue weighted by molar-refractivity contribution is -0.147. The molecule has 1 aromatic rings. The number of hydrogen-bond donors (Lipinski definition) is 1. The molecule has 2 heterocycles. The van der Waals surface area contributed by atoms with Gasteiger partial charge in [0.05, 0.1) is 6.20 Å². The highest BCUT2D eigenvalue weighted by Crippen LogP contribution is 2.31. The van der Waals surface area contributed by atoms with Crippen molar-refractivity contribution >= 4 is 5.91 Å². The minimum atomic E-state index is -4.11. The van der Waals surface area contributed by atoms with Crippen molar-refractivity contribution in [2.45, 2.75) is 32.4 Å². The first-order valence-corrected chi connectivity index (χ1v) is 6.23. The van der Waals surface area contributed by atoms with E-state index in [0.29, 0.717) is 31.6 Å². The average Bonchev–Trinajstić information content (AvgIpc) is 2.73. The number of aromatic nitrogens is 2. The smallest absolute Gasteiger partial charge is 0.337 e. The lowest BCUT2D eigenvalue weighted by atomic mass is 9.93. The summed E-state index contributed by atoms with van der Waals surface area (Å²) in [5.41, 5.74) is 1.18. The number of piperidine rings is 1. The number of alkyl halides is 3. The summed E-state index contributed by atoms with van der Waals surface area (Å²) in [7, 11) is 0. The molecule has 19 heavy (non-hydrogen) atoms. The van der Waals surface area contributed by atoms with Crippen molar-refractivity contribution in [2.24, 2.45) is 5.92 Å². The number of rotatable bonds is 2. The van der Waals surface area contributed by atoms with Gasteiger partial charge in [-0.05, 0) is 31.2 Å². The molecule has 1 amide bonds. The normalized spacial score (nSPS) is 17.8. The maximum Gasteiger partial charge on any atom is 0.389 e. The molecule has 1 saturated heterocycles. The molecule has 1 aliphatic rings. The van der Waals surface area contributed by atoms with Crippen LogP contribution in [0.4, 0.5) is 13.2 Å². The summed E-state index contributed by atoms with van der Waals surface area (Å²) in [4.78, 5) is 13.7. The molecule has 0 atom stereocenters. The number of halogens is 3. The molecule has 1 N–H and O–H groups in total. The molecule has 2 rings (SSSR count). The summed E-state index contributed by atoms with van der Waals surface area (Å²) < 4.78 is 36.8. The second kappa shape index (κ2) is 5.22. The van der Waals surface area contributed by atoms with Gasteiger partial charge in [0.2, 0.25) is 0 Å². The summed E-state index contributed by atoms with van der Waals surface area (Å²) in [5, 5.41) is 6.41. The first-order chi connectivity index (χ1) is 8.87. The first kappa shape index (κ1) is 13.9. The maximum atomic E-state index is 12.3. The van der Waals surface area contributed by atoms with Crippen LogP contribution in [-0.2, 0) is 0 Å². The number of hydrogen-bond acceptors (Lipinski definition) is 2. The third-order valence-electron chi connectivity index (χ3n) is 3.46. The van der Waals surface area contributed by atoms with Gasteiger partial charge in [-0.25, -0.2) is 0 Å². The number of H-pyrrole nitrogens is 1. The monoisotopic (exact) mass is 275 g/mol. The first-order valence-electron chi connectivity index (χ1n) is 6.23. The summed E-state index contributed by atoms with van der Waals surface area (Å²) >= 11 is 0. The molecule has 0 radical (unpaired) electrons. The molecule has 0 aromatic carbocycles. The molecule has 1 aliphatic heterocycles. The number of likely N-dealkylation sites (tertiary alicyclic amines) is 1. The predicted molar refractivity (Wildman–Crippen MR) is 62.6 cm³/mol. The van der Waals surface area contributed by atoms with Crippen LogP contribution < -0.4 is 0 Å². The SMILES string of the molecule is Cc1cn[nH]c1C(=O)N1CCC(CC(F)(F)F)CC1. The Morgan fingerprint density at radius 2 is 2.11 bits per heavy atom. The number of amides is 1. The van der Waals surface area contributed by atoms with Crippen molar-refractivity contribution in [3.8, 4) is 0 Å². The standard InChI is InChI=1S/C12H16F3N3O/c1-8-7-16-17-10(8)11(19)18-4-2-9(3-5-18)6-12(13,14)15/h7,9H,2-6H2,1H3,(H,16,17). The van der Waals surface area contributed by atoms with E-state index in [1.165, 1.54) is 0 Å². The van der Waals surface area contributed by atoms with Crippen molar-refractivity contribution in [3.05, 3.63) is 17.5 Å². The van der Waals surface area contributed by atoms with E-state index in [1.54, 1.807) is 18.0 Å². The molecular formula is C12H16F3N3O. The quantitative estimate of drug-likeness (QED) is 0.901. The highest BCUT2D eigenvalue weighted by atomic mass is 19.4. The van der Waals surface area contributed by atoms with Crippen LogP contribution in [-0.4, -0.2) is 40.3 Å². The van der Waals surface area contributed by atoms with Gasteiger partial charge in [-0.15, -0.1) is 0 Å². The Bertz CT molecular complexity index is 447. The molecule has 0 spiro atoms. The van der Waals surface area contributed by atoms with E-state index >= 15 is 0 Å². The van der Waals surface area contributed by atoms with Gasteiger partial charge >= 0.3 is 6.18 Å². The Morgan fingerprint density at radius 3 is 2.58 bits per heavy atom. The zero-order chi connectivity index (χ0) is 14.0. The highest BCUT2D eigenvalue weighted by Gasteiger charge is 2.34. The van der Waals surface area contributed by atoms with Gasteiger partial charge in [0.25, 0.3) is 5.91 Å². The summed E-state index contributed by atoms with van der Waals surface area (Å²) in [6.45, 7) is 2.52. The van der Waals surface area contributed by atoms with Crippen molar-refractivity contribution in [2.75, 3.05) is 13.1 Å². The van der Waals surface area contributed by atoms with Crippen LogP contribution >= 0.6 is 0 Å². The Kier molecular flexibility index (Phi) is 3.82. The van der Waals surface area contributed by atoms with E-state index in [-0.39, 0.29) is 11.8 Å². The Labute approximate surface area is 109 Å². The van der Waals surface area contributed by atoms with Gasteiger partial charge in [-0.1, -0.05) is 0 Å². The number of carbonyl (C=O) groups excluding carboxylic acids is 1. The van der Waals surface area contributed by atoms with E-state index in [0.717, 1.165) is 5.56 Å². The summed E-state index contributed by atoms with van der Waals surface area (Å²) in [5.74, 6) is -0.549. The lowest BCUT2D eigenvalue weighted by Gasteiger charge is -2.32. The van der Waals surface area contributed by atoms with E-state index in [4.69, 9.17) is 0 Å². The predicted octanol–water partition coefficient (Wildman–Crippen LogP) is 2.52. The van der Waals surface area contributed by atoms with Crippen LogP contribution in [0.2, 0.25) is 0 Å². The van der Waals surface area contributed by atoms with E-state index < -0.39 is 12.6 Å². The fraction of sp³-hybridized carbons (Fsp3) is 0.667. The number of aryl methyl sites for hydroxylation is 1. The van der Waals surface area contributed by atoms with Crippen LogP contribution in [0.1, 0.15) is 35.3 Å². The zero-order valence-electron chi connectivity index (χ0n) is 10.6. The number of carbonyl (C=O) groups is 1. The summed E-state index contributed by atoms with van der Waals surface area (Å²) in [6, 6.07) is 0. The van der Waals surface area contributed by atoms with E-state index in [9.17, 15) is 18.0 Å². The molecule has 1 aromatic heterocycles. The second-order valence-electron chi connectivity index (χ2n) is 4.98. The molecular weight excluding hydrogens is 259 g/mol. The van der Waals surface area contributed by atoms with Gasteiger partial charge in [-0.2, -0.15) is 18.3 Å². The van der Waals surface area contributed by atoms with Crippen LogP contribution in [0.5, 0.6) is 0 Å². The number of nitrogens with zero attached hydrogens (tertiary/aromatic N) is 2. The molecule has 1 fully saturated rings. The largest absolute Gasteiger partial charge is 0.389 e. The molecule has 0 aliphatic carbocycles. The van der Waals surface area contributed by atoms with Gasteiger partial charge in [0.15, 0.2) is 0 Å². The van der Waals surface area contributed by atoms with Gasteiger partial charge < -0.3 is 4.90 Å². The Morgan fingerprint density at radius 1 is 1.47 bits per heavy atom. The lowest BCUT2D eigenvalue weighted by Crippen LogP contribution is -2.39. The Balaban J connectivity index is 1.90. The molecule has 0 bridgehead atoms.